The minimum absolute atomic E-state index is 0.0592. The monoisotopic (exact) mass is 391 g/mol. The van der Waals surface area contributed by atoms with Gasteiger partial charge in [-0.1, -0.05) is 43.0 Å². The van der Waals surface area contributed by atoms with E-state index >= 15 is 0 Å². The van der Waals surface area contributed by atoms with Crippen LogP contribution in [0.5, 0.6) is 0 Å². The van der Waals surface area contributed by atoms with Crippen molar-refractivity contribution in [2.75, 3.05) is 5.32 Å². The first kappa shape index (κ1) is 18.4. The third-order valence-corrected chi connectivity index (χ3v) is 6.00. The second-order valence-corrected chi connectivity index (χ2v) is 7.94. The van der Waals surface area contributed by atoms with Gasteiger partial charge in [-0.25, -0.2) is 4.98 Å². The van der Waals surface area contributed by atoms with Gasteiger partial charge in [0.2, 0.25) is 11.1 Å². The number of carbonyl (C=O) groups is 1. The maximum Gasteiger partial charge on any atom is 0.237 e. The smallest absolute Gasteiger partial charge is 0.237 e. The normalized spacial score (nSPS) is 12.4. The molecule has 2 aromatic carbocycles. The zero-order chi connectivity index (χ0) is 19.7. The van der Waals surface area contributed by atoms with Crippen LogP contribution in [0.3, 0.4) is 0 Å². The Labute approximate surface area is 167 Å². The number of rotatable bonds is 5. The quantitative estimate of drug-likeness (QED) is 0.485. The van der Waals surface area contributed by atoms with Crippen LogP contribution >= 0.6 is 11.8 Å². The second kappa shape index (κ2) is 7.59. The number of nitrogens with zero attached hydrogens (tertiary/aromatic N) is 3. The van der Waals surface area contributed by atoms with Crippen LogP contribution in [0, 0.1) is 13.8 Å². The molecule has 0 aliphatic heterocycles. The molecule has 7 heteroatoms. The molecule has 1 amide bonds. The van der Waals surface area contributed by atoms with Gasteiger partial charge in [-0.05, 0) is 49.6 Å². The highest BCUT2D eigenvalue weighted by Gasteiger charge is 2.21. The average Bonchev–Trinajstić information content (AvgIpc) is 3.06. The van der Waals surface area contributed by atoms with Crippen LogP contribution in [0.1, 0.15) is 24.5 Å². The molecule has 1 atom stereocenters. The van der Waals surface area contributed by atoms with Gasteiger partial charge in [-0.3, -0.25) is 4.79 Å². The van der Waals surface area contributed by atoms with Gasteiger partial charge in [0.1, 0.15) is 5.52 Å². The van der Waals surface area contributed by atoms with Gasteiger partial charge in [-0.15, -0.1) is 10.2 Å². The molecule has 0 saturated carbocycles. The van der Waals surface area contributed by atoms with E-state index in [0.717, 1.165) is 27.7 Å². The predicted octanol–water partition coefficient (Wildman–Crippen LogP) is 4.63. The van der Waals surface area contributed by atoms with Gasteiger partial charge in [0.25, 0.3) is 0 Å². The van der Waals surface area contributed by atoms with Crippen molar-refractivity contribution in [2.24, 2.45) is 0 Å². The zero-order valence-corrected chi connectivity index (χ0v) is 16.8. The zero-order valence-electron chi connectivity index (χ0n) is 16.0. The average molecular weight is 392 g/mol. The fourth-order valence-corrected chi connectivity index (χ4v) is 3.87. The topological polar surface area (TPSA) is 83.6 Å². The summed E-state index contributed by atoms with van der Waals surface area (Å²) in [6.07, 6.45) is 0.662. The lowest BCUT2D eigenvalue weighted by Gasteiger charge is -2.14. The lowest BCUT2D eigenvalue weighted by atomic mass is 10.1. The Morgan fingerprint density at radius 1 is 1.14 bits per heavy atom. The maximum absolute atomic E-state index is 12.7. The van der Waals surface area contributed by atoms with Crippen LogP contribution in [-0.2, 0) is 4.79 Å². The Morgan fingerprint density at radius 3 is 2.75 bits per heavy atom. The summed E-state index contributed by atoms with van der Waals surface area (Å²) >= 11 is 1.33. The first-order valence-electron chi connectivity index (χ1n) is 9.21. The molecule has 142 valence electrons. The van der Waals surface area contributed by atoms with E-state index in [9.17, 15) is 4.79 Å². The summed E-state index contributed by atoms with van der Waals surface area (Å²) in [6, 6.07) is 13.8. The SMILES string of the molecule is CCC(Sc1nnc2c(n1)[nH]c1ccccc12)C(=O)Nc1ccc(C)c(C)c1. The first-order chi connectivity index (χ1) is 13.5. The highest BCUT2D eigenvalue weighted by Crippen LogP contribution is 2.27. The van der Waals surface area contributed by atoms with Crippen LogP contribution in [0.2, 0.25) is 0 Å². The fraction of sp³-hybridized carbons (Fsp3) is 0.238. The lowest BCUT2D eigenvalue weighted by molar-refractivity contribution is -0.115. The number of fused-ring (bicyclic) bond motifs is 3. The van der Waals surface area contributed by atoms with Crippen molar-refractivity contribution in [3.05, 3.63) is 53.6 Å². The Bertz CT molecular complexity index is 1170. The van der Waals surface area contributed by atoms with E-state index in [1.54, 1.807) is 0 Å². The van der Waals surface area contributed by atoms with Crippen LogP contribution in [0.15, 0.2) is 47.6 Å². The van der Waals surface area contributed by atoms with Gasteiger partial charge < -0.3 is 10.3 Å². The van der Waals surface area contributed by atoms with E-state index in [1.807, 2.05) is 56.3 Å². The number of nitrogens with one attached hydrogen (secondary N) is 2. The van der Waals surface area contributed by atoms with Gasteiger partial charge >= 0.3 is 0 Å². The van der Waals surface area contributed by atoms with Crippen LogP contribution in [0.4, 0.5) is 5.69 Å². The van der Waals surface area contributed by atoms with Crippen molar-refractivity contribution in [3.63, 3.8) is 0 Å². The highest BCUT2D eigenvalue weighted by molar-refractivity contribution is 8.00. The van der Waals surface area contributed by atoms with Crippen LogP contribution < -0.4 is 5.32 Å². The Morgan fingerprint density at radius 2 is 1.96 bits per heavy atom. The molecule has 2 aromatic heterocycles. The van der Waals surface area contributed by atoms with Crippen molar-refractivity contribution in [1.82, 2.24) is 20.2 Å². The van der Waals surface area contributed by atoms with Crippen LogP contribution in [-0.4, -0.2) is 31.3 Å². The first-order valence-corrected chi connectivity index (χ1v) is 10.1. The number of aryl methyl sites for hydroxylation is 2. The summed E-state index contributed by atoms with van der Waals surface area (Å²) in [4.78, 5) is 20.6. The molecule has 2 heterocycles. The molecule has 0 aliphatic carbocycles. The number of thioether (sulfide) groups is 1. The summed E-state index contributed by atoms with van der Waals surface area (Å²) in [7, 11) is 0. The van der Waals surface area contributed by atoms with E-state index < -0.39 is 0 Å². The number of hydrogen-bond acceptors (Lipinski definition) is 5. The standard InChI is InChI=1S/C21H21N5OS/c1-4-17(20(27)22-14-10-9-12(2)13(3)11-14)28-21-24-19-18(25-26-21)15-7-5-6-8-16(15)23-19/h5-11,17H,4H2,1-3H3,(H,22,27)(H,23,24,26). The van der Waals surface area contributed by atoms with E-state index in [1.165, 1.54) is 17.3 Å². The van der Waals surface area contributed by atoms with Gasteiger partial charge in [0.15, 0.2) is 5.65 Å². The van der Waals surface area contributed by atoms with E-state index in [0.29, 0.717) is 17.2 Å². The minimum atomic E-state index is -0.301. The third-order valence-electron chi connectivity index (χ3n) is 4.79. The number of anilines is 1. The number of hydrogen-bond donors (Lipinski definition) is 2. The van der Waals surface area contributed by atoms with Crippen molar-refractivity contribution >= 4 is 45.4 Å². The van der Waals surface area contributed by atoms with Gasteiger partial charge in [0, 0.05) is 16.6 Å². The number of carbonyl (C=O) groups excluding carboxylic acids is 1. The number of H-pyrrole nitrogens is 1. The fourth-order valence-electron chi connectivity index (χ4n) is 3.05. The minimum Gasteiger partial charge on any atom is -0.338 e. The number of amides is 1. The van der Waals surface area contributed by atoms with Crippen molar-refractivity contribution in [3.8, 4) is 0 Å². The molecular formula is C21H21N5OS. The van der Waals surface area contributed by atoms with Crippen molar-refractivity contribution < 1.29 is 4.79 Å². The Balaban J connectivity index is 1.54. The summed E-state index contributed by atoms with van der Waals surface area (Å²) in [6.45, 7) is 6.06. The third kappa shape index (κ3) is 3.57. The predicted molar refractivity (Wildman–Crippen MR) is 114 cm³/mol. The number of aromatic nitrogens is 4. The van der Waals surface area contributed by atoms with E-state index in [2.05, 4.69) is 32.4 Å². The molecule has 0 aliphatic rings. The van der Waals surface area contributed by atoms with E-state index in [4.69, 9.17) is 0 Å². The maximum atomic E-state index is 12.7. The van der Waals surface area contributed by atoms with E-state index in [-0.39, 0.29) is 11.2 Å². The molecule has 2 N–H and O–H groups in total. The van der Waals surface area contributed by atoms with Crippen molar-refractivity contribution in [2.45, 2.75) is 37.6 Å². The lowest BCUT2D eigenvalue weighted by Crippen LogP contribution is -2.25. The molecule has 0 fully saturated rings. The summed E-state index contributed by atoms with van der Waals surface area (Å²) in [5, 5.41) is 12.7. The molecule has 4 rings (SSSR count). The largest absolute Gasteiger partial charge is 0.338 e. The van der Waals surface area contributed by atoms with Gasteiger partial charge in [0.05, 0.1) is 5.25 Å². The van der Waals surface area contributed by atoms with Gasteiger partial charge in [-0.2, -0.15) is 0 Å². The second-order valence-electron chi connectivity index (χ2n) is 6.77. The Hall–Kier alpha value is -2.93. The molecule has 0 radical (unpaired) electrons. The Kier molecular flexibility index (Phi) is 5.00. The molecule has 0 saturated heterocycles. The van der Waals surface area contributed by atoms with Crippen molar-refractivity contribution in [1.29, 1.82) is 0 Å². The molecule has 0 bridgehead atoms. The molecule has 28 heavy (non-hydrogen) atoms. The number of aromatic amines is 1. The summed E-state index contributed by atoms with van der Waals surface area (Å²) in [5.74, 6) is -0.0592. The molecule has 4 aromatic rings. The number of benzene rings is 2. The molecular weight excluding hydrogens is 370 g/mol. The van der Waals surface area contributed by atoms with Crippen LogP contribution in [0.25, 0.3) is 22.1 Å². The summed E-state index contributed by atoms with van der Waals surface area (Å²) < 4.78 is 0. The number of para-hydroxylation sites is 1. The molecule has 0 spiro atoms. The molecule has 1 unspecified atom stereocenters. The molecule has 6 nitrogen and oxygen atoms in total. The summed E-state index contributed by atoms with van der Waals surface area (Å²) in [5.41, 5.74) is 5.55. The highest BCUT2D eigenvalue weighted by atomic mass is 32.2.